The van der Waals surface area contributed by atoms with E-state index >= 15 is 0 Å². The monoisotopic (exact) mass is 189 g/mol. The fourth-order valence-corrected chi connectivity index (χ4v) is 1.95. The number of amides is 1. The van der Waals surface area contributed by atoms with E-state index in [-0.39, 0.29) is 5.91 Å². The Balaban J connectivity index is 2.66. The number of methoxy groups -OCH3 is 1. The molecule has 70 valence electrons. The number of nitrogens with one attached hydrogen (secondary N) is 1. The highest BCUT2D eigenvalue weighted by Gasteiger charge is 2.38. The molecule has 4 heteroatoms. The lowest BCUT2D eigenvalue weighted by atomic mass is 9.84. The van der Waals surface area contributed by atoms with Crippen LogP contribution in [0.2, 0.25) is 0 Å². The zero-order valence-electron chi connectivity index (χ0n) is 7.30. The van der Waals surface area contributed by atoms with Crippen molar-refractivity contribution in [3.05, 3.63) is 0 Å². The Labute approximate surface area is 78.4 Å². The molecule has 1 rings (SSSR count). The lowest BCUT2D eigenvalue weighted by molar-refractivity contribution is -0.145. The molecule has 0 aromatic carbocycles. The maximum Gasteiger partial charge on any atom is 0.261 e. The summed E-state index contributed by atoms with van der Waals surface area (Å²) in [7, 11) is 1.59. The summed E-state index contributed by atoms with van der Waals surface area (Å²) in [4.78, 5) is 11.4. The summed E-state index contributed by atoms with van der Waals surface area (Å²) >= 11 is 3.75. The summed E-state index contributed by atoms with van der Waals surface area (Å²) < 4.78 is 7.63. The second kappa shape index (κ2) is 4.14. The average Bonchev–Trinajstić information content (AvgIpc) is 2.17. The molecule has 1 N–H and O–H groups in total. The molecule has 1 aliphatic rings. The number of thiol groups is 1. The smallest absolute Gasteiger partial charge is 0.261 e. The summed E-state index contributed by atoms with van der Waals surface area (Å²) in [6.07, 6.45) is 4.96. The van der Waals surface area contributed by atoms with Crippen molar-refractivity contribution < 1.29 is 9.53 Å². The molecule has 12 heavy (non-hydrogen) atoms. The van der Waals surface area contributed by atoms with E-state index < -0.39 is 5.60 Å². The van der Waals surface area contributed by atoms with Crippen molar-refractivity contribution in [1.29, 1.82) is 0 Å². The number of carbonyl (C=O) groups excluding carboxylic acids is 1. The lowest BCUT2D eigenvalue weighted by Gasteiger charge is -2.33. The minimum Gasteiger partial charge on any atom is -0.368 e. The summed E-state index contributed by atoms with van der Waals surface area (Å²) in [6.45, 7) is 0. The molecule has 0 saturated heterocycles. The number of hydrogen-bond donors (Lipinski definition) is 2. The van der Waals surface area contributed by atoms with E-state index in [0.29, 0.717) is 0 Å². The topological polar surface area (TPSA) is 38.3 Å². The first-order valence-corrected chi connectivity index (χ1v) is 4.69. The second-order valence-corrected chi connectivity index (χ2v) is 3.42. The van der Waals surface area contributed by atoms with Gasteiger partial charge in [-0.2, -0.15) is 0 Å². The summed E-state index contributed by atoms with van der Waals surface area (Å²) in [5.41, 5.74) is -0.597. The normalized spacial score (nSPS) is 21.8. The fraction of sp³-hybridized carbons (Fsp3) is 0.875. The molecule has 1 saturated carbocycles. The predicted octanol–water partition coefficient (Wildman–Crippen LogP) is 1.30. The van der Waals surface area contributed by atoms with Crippen LogP contribution in [0.1, 0.15) is 32.1 Å². The second-order valence-electron chi connectivity index (χ2n) is 3.20. The molecule has 1 amide bonds. The Bertz CT molecular complexity index is 166. The molecule has 0 spiro atoms. The van der Waals surface area contributed by atoms with Crippen molar-refractivity contribution in [1.82, 2.24) is 4.72 Å². The van der Waals surface area contributed by atoms with Crippen LogP contribution in [0.25, 0.3) is 0 Å². The van der Waals surface area contributed by atoms with Gasteiger partial charge in [0.1, 0.15) is 5.60 Å². The molecule has 0 bridgehead atoms. The van der Waals surface area contributed by atoms with E-state index in [1.54, 1.807) is 7.11 Å². The van der Waals surface area contributed by atoms with Crippen LogP contribution >= 0.6 is 12.8 Å². The Kier molecular flexibility index (Phi) is 3.40. The van der Waals surface area contributed by atoms with Gasteiger partial charge in [-0.05, 0) is 12.8 Å². The zero-order valence-corrected chi connectivity index (χ0v) is 8.19. The van der Waals surface area contributed by atoms with Crippen molar-refractivity contribution in [2.24, 2.45) is 0 Å². The molecular weight excluding hydrogens is 174 g/mol. The van der Waals surface area contributed by atoms with Crippen LogP contribution in [-0.4, -0.2) is 18.6 Å². The summed E-state index contributed by atoms with van der Waals surface area (Å²) in [5.74, 6) is -0.104. The van der Waals surface area contributed by atoms with Gasteiger partial charge < -0.3 is 9.46 Å². The number of rotatable bonds is 2. The Morgan fingerprint density at radius 3 is 2.42 bits per heavy atom. The first kappa shape index (κ1) is 9.86. The van der Waals surface area contributed by atoms with Crippen LogP contribution < -0.4 is 4.72 Å². The molecule has 0 atom stereocenters. The van der Waals surface area contributed by atoms with Crippen molar-refractivity contribution in [3.8, 4) is 0 Å². The van der Waals surface area contributed by atoms with Gasteiger partial charge in [-0.1, -0.05) is 32.1 Å². The highest BCUT2D eigenvalue weighted by Crippen LogP contribution is 2.31. The molecule has 0 heterocycles. The van der Waals surface area contributed by atoms with Gasteiger partial charge in [0, 0.05) is 7.11 Å². The highest BCUT2D eigenvalue weighted by atomic mass is 32.1. The molecule has 0 radical (unpaired) electrons. The third-order valence-electron chi connectivity index (χ3n) is 2.57. The van der Waals surface area contributed by atoms with E-state index in [4.69, 9.17) is 4.74 Å². The standard InChI is InChI=1S/C8H15NO2S/c1-11-8(7(10)9-12)5-3-2-4-6-8/h12H,2-6H2,1H3,(H,9,10). The summed E-state index contributed by atoms with van der Waals surface area (Å²) in [5, 5.41) is 0. The van der Waals surface area contributed by atoms with Gasteiger partial charge in [0.25, 0.3) is 5.91 Å². The highest BCUT2D eigenvalue weighted by molar-refractivity contribution is 7.78. The third-order valence-corrected chi connectivity index (χ3v) is 2.77. The first-order chi connectivity index (χ1) is 5.75. The van der Waals surface area contributed by atoms with Gasteiger partial charge in [-0.15, -0.1) is 0 Å². The van der Waals surface area contributed by atoms with E-state index in [9.17, 15) is 4.79 Å². The average molecular weight is 189 g/mol. The Morgan fingerprint density at radius 1 is 1.42 bits per heavy atom. The minimum absolute atomic E-state index is 0.104. The van der Waals surface area contributed by atoms with Crippen molar-refractivity contribution >= 4 is 18.7 Å². The van der Waals surface area contributed by atoms with Gasteiger partial charge >= 0.3 is 0 Å². The van der Waals surface area contributed by atoms with Gasteiger partial charge in [-0.3, -0.25) is 4.79 Å². The zero-order chi connectivity index (χ0) is 9.03. The lowest BCUT2D eigenvalue weighted by Crippen LogP contribution is -2.47. The summed E-state index contributed by atoms with van der Waals surface area (Å²) in [6, 6.07) is 0. The number of ether oxygens (including phenoxy) is 1. The van der Waals surface area contributed by atoms with Crippen molar-refractivity contribution in [2.75, 3.05) is 7.11 Å². The first-order valence-electron chi connectivity index (χ1n) is 4.25. The maximum absolute atomic E-state index is 11.4. The van der Waals surface area contributed by atoms with Gasteiger partial charge in [0.2, 0.25) is 0 Å². The van der Waals surface area contributed by atoms with Crippen LogP contribution in [0.4, 0.5) is 0 Å². The third kappa shape index (κ3) is 1.75. The van der Waals surface area contributed by atoms with Crippen LogP contribution in [0, 0.1) is 0 Å². The molecule has 0 aromatic heterocycles. The Hall–Kier alpha value is -0.220. The molecule has 1 aliphatic carbocycles. The molecule has 0 unspecified atom stereocenters. The maximum atomic E-state index is 11.4. The van der Waals surface area contributed by atoms with E-state index in [1.807, 2.05) is 0 Å². The van der Waals surface area contributed by atoms with Gasteiger partial charge in [-0.25, -0.2) is 0 Å². The van der Waals surface area contributed by atoms with Crippen LogP contribution in [0.5, 0.6) is 0 Å². The number of hydrogen-bond acceptors (Lipinski definition) is 3. The van der Waals surface area contributed by atoms with Crippen molar-refractivity contribution in [3.63, 3.8) is 0 Å². The Morgan fingerprint density at radius 2 is 2.00 bits per heavy atom. The minimum atomic E-state index is -0.597. The predicted molar refractivity (Wildman–Crippen MR) is 50.0 cm³/mol. The van der Waals surface area contributed by atoms with Crippen LogP contribution in [0.15, 0.2) is 0 Å². The van der Waals surface area contributed by atoms with Crippen LogP contribution in [-0.2, 0) is 9.53 Å². The van der Waals surface area contributed by atoms with E-state index in [1.165, 1.54) is 6.42 Å². The molecule has 3 nitrogen and oxygen atoms in total. The molecular formula is C8H15NO2S. The van der Waals surface area contributed by atoms with Gasteiger partial charge in [0.05, 0.1) is 0 Å². The van der Waals surface area contributed by atoms with E-state index in [2.05, 4.69) is 17.5 Å². The van der Waals surface area contributed by atoms with E-state index in [0.717, 1.165) is 25.7 Å². The number of carbonyl (C=O) groups is 1. The molecule has 1 fully saturated rings. The van der Waals surface area contributed by atoms with Gasteiger partial charge in [0.15, 0.2) is 0 Å². The molecule has 0 aromatic rings. The fourth-order valence-electron chi connectivity index (χ4n) is 1.75. The van der Waals surface area contributed by atoms with Crippen LogP contribution in [0.3, 0.4) is 0 Å². The quantitative estimate of drug-likeness (QED) is 0.643. The molecule has 0 aliphatic heterocycles. The largest absolute Gasteiger partial charge is 0.368 e. The van der Waals surface area contributed by atoms with Crippen molar-refractivity contribution in [2.45, 2.75) is 37.7 Å². The SMILES string of the molecule is COC1(C(=O)NS)CCCCC1.